The van der Waals surface area contributed by atoms with Gasteiger partial charge < -0.3 is 5.32 Å². The summed E-state index contributed by atoms with van der Waals surface area (Å²) < 4.78 is 40.7. The van der Waals surface area contributed by atoms with Crippen molar-refractivity contribution in [2.24, 2.45) is 11.8 Å². The highest BCUT2D eigenvalue weighted by Crippen LogP contribution is 2.29. The summed E-state index contributed by atoms with van der Waals surface area (Å²) in [6, 6.07) is 4.90. The first kappa shape index (κ1) is 17.7. The molecule has 1 aromatic rings. The molecule has 0 amide bonds. The molecule has 2 aliphatic carbocycles. The predicted octanol–water partition coefficient (Wildman–Crippen LogP) is 3.84. The summed E-state index contributed by atoms with van der Waals surface area (Å²) in [5.74, 6) is 1.11. The van der Waals surface area contributed by atoms with Crippen LogP contribution in [0.5, 0.6) is 0 Å². The van der Waals surface area contributed by atoms with Crippen molar-refractivity contribution in [1.82, 2.24) is 4.72 Å². The molecule has 0 aromatic heterocycles. The Bertz CT molecular complexity index is 653. The number of halogens is 1. The molecule has 2 fully saturated rings. The van der Waals surface area contributed by atoms with Crippen LogP contribution in [0.1, 0.15) is 50.5 Å². The number of alkyl halides is 1. The standard InChI is InChI=1S/C18H27FN2O2S/c19-11-16-10-17(20-12-14-4-2-1-3-5-14)8-9-18(16)24(22,23)21-13-15-6-7-15/h8-10,14-15,20-21H,1-7,11-13H2. The minimum Gasteiger partial charge on any atom is -0.385 e. The minimum atomic E-state index is -3.63. The van der Waals surface area contributed by atoms with Gasteiger partial charge in [-0.25, -0.2) is 17.5 Å². The van der Waals surface area contributed by atoms with Crippen molar-refractivity contribution in [3.63, 3.8) is 0 Å². The Labute approximate surface area is 144 Å². The molecule has 24 heavy (non-hydrogen) atoms. The van der Waals surface area contributed by atoms with Crippen LogP contribution in [0.25, 0.3) is 0 Å². The third kappa shape index (κ3) is 4.70. The van der Waals surface area contributed by atoms with Crippen molar-refractivity contribution in [2.75, 3.05) is 18.4 Å². The van der Waals surface area contributed by atoms with Crippen LogP contribution in [0.4, 0.5) is 10.1 Å². The van der Waals surface area contributed by atoms with Crippen LogP contribution in [0, 0.1) is 11.8 Å². The maximum Gasteiger partial charge on any atom is 0.240 e. The zero-order valence-corrected chi connectivity index (χ0v) is 14.9. The van der Waals surface area contributed by atoms with E-state index in [-0.39, 0.29) is 10.5 Å². The minimum absolute atomic E-state index is 0.0638. The molecule has 2 N–H and O–H groups in total. The van der Waals surface area contributed by atoms with Gasteiger partial charge in [-0.3, -0.25) is 0 Å². The zero-order valence-electron chi connectivity index (χ0n) is 14.1. The van der Waals surface area contributed by atoms with Crippen LogP contribution >= 0.6 is 0 Å². The number of hydrogen-bond acceptors (Lipinski definition) is 3. The lowest BCUT2D eigenvalue weighted by atomic mass is 9.89. The maximum absolute atomic E-state index is 13.4. The Morgan fingerprint density at radius 3 is 2.38 bits per heavy atom. The van der Waals surface area contributed by atoms with Crippen molar-refractivity contribution in [1.29, 1.82) is 0 Å². The van der Waals surface area contributed by atoms with Crippen molar-refractivity contribution in [3.05, 3.63) is 23.8 Å². The Hall–Kier alpha value is -1.14. The van der Waals surface area contributed by atoms with Gasteiger partial charge in [-0.2, -0.15) is 0 Å². The smallest absolute Gasteiger partial charge is 0.240 e. The first-order valence-corrected chi connectivity index (χ1v) is 10.5. The topological polar surface area (TPSA) is 58.2 Å². The Morgan fingerprint density at radius 2 is 1.71 bits per heavy atom. The van der Waals surface area contributed by atoms with Crippen LogP contribution in [0.2, 0.25) is 0 Å². The molecule has 0 bridgehead atoms. The van der Waals surface area contributed by atoms with E-state index in [0.29, 0.717) is 18.4 Å². The van der Waals surface area contributed by atoms with Gasteiger partial charge in [0.1, 0.15) is 6.67 Å². The quantitative estimate of drug-likeness (QED) is 0.746. The molecular formula is C18H27FN2O2S. The predicted molar refractivity (Wildman–Crippen MR) is 94.2 cm³/mol. The fourth-order valence-corrected chi connectivity index (χ4v) is 4.65. The van der Waals surface area contributed by atoms with E-state index < -0.39 is 16.7 Å². The molecule has 134 valence electrons. The zero-order chi connectivity index (χ0) is 17.0. The highest BCUT2D eigenvalue weighted by molar-refractivity contribution is 7.89. The molecule has 2 aliphatic rings. The lowest BCUT2D eigenvalue weighted by Crippen LogP contribution is -2.26. The molecule has 0 saturated heterocycles. The molecule has 0 radical (unpaired) electrons. The fraction of sp³-hybridized carbons (Fsp3) is 0.667. The van der Waals surface area contributed by atoms with Crippen LogP contribution < -0.4 is 10.0 Å². The number of hydrogen-bond donors (Lipinski definition) is 2. The van der Waals surface area contributed by atoms with Crippen molar-refractivity contribution in [3.8, 4) is 0 Å². The lowest BCUT2D eigenvalue weighted by Gasteiger charge is -2.22. The lowest BCUT2D eigenvalue weighted by molar-refractivity contribution is 0.373. The van der Waals surface area contributed by atoms with E-state index in [1.54, 1.807) is 12.1 Å². The monoisotopic (exact) mass is 354 g/mol. The van der Waals surface area contributed by atoms with Gasteiger partial charge in [0.05, 0.1) is 4.90 Å². The van der Waals surface area contributed by atoms with Crippen molar-refractivity contribution >= 4 is 15.7 Å². The van der Waals surface area contributed by atoms with E-state index in [9.17, 15) is 12.8 Å². The van der Waals surface area contributed by atoms with Gasteiger partial charge in [0.25, 0.3) is 0 Å². The Morgan fingerprint density at radius 1 is 1.00 bits per heavy atom. The first-order chi connectivity index (χ1) is 11.6. The number of anilines is 1. The number of nitrogens with one attached hydrogen (secondary N) is 2. The molecule has 2 saturated carbocycles. The Kier molecular flexibility index (Phi) is 5.76. The average molecular weight is 354 g/mol. The molecular weight excluding hydrogens is 327 g/mol. The molecule has 4 nitrogen and oxygen atoms in total. The van der Waals surface area contributed by atoms with E-state index in [1.807, 2.05) is 0 Å². The van der Waals surface area contributed by atoms with Gasteiger partial charge in [-0.05, 0) is 55.7 Å². The molecule has 0 spiro atoms. The summed E-state index contributed by atoms with van der Waals surface area (Å²) >= 11 is 0. The largest absolute Gasteiger partial charge is 0.385 e. The summed E-state index contributed by atoms with van der Waals surface area (Å²) in [6.07, 6.45) is 8.51. The van der Waals surface area contributed by atoms with Gasteiger partial charge in [0, 0.05) is 24.3 Å². The molecule has 0 atom stereocenters. The van der Waals surface area contributed by atoms with Crippen LogP contribution in [0.3, 0.4) is 0 Å². The van der Waals surface area contributed by atoms with Gasteiger partial charge in [0.2, 0.25) is 10.0 Å². The molecule has 0 unspecified atom stereocenters. The summed E-state index contributed by atoms with van der Waals surface area (Å²) in [5, 5.41) is 3.35. The van der Waals surface area contributed by atoms with Gasteiger partial charge in [-0.1, -0.05) is 19.3 Å². The molecule has 0 aliphatic heterocycles. The van der Waals surface area contributed by atoms with E-state index >= 15 is 0 Å². The van der Waals surface area contributed by atoms with Crippen LogP contribution in [-0.4, -0.2) is 21.5 Å². The summed E-state index contributed by atoms with van der Waals surface area (Å²) in [4.78, 5) is 0.0638. The van der Waals surface area contributed by atoms with Crippen molar-refractivity contribution < 1.29 is 12.8 Å². The van der Waals surface area contributed by atoms with E-state index in [2.05, 4.69) is 10.0 Å². The second kappa shape index (κ2) is 7.83. The second-order valence-electron chi connectivity index (χ2n) is 7.14. The number of benzene rings is 1. The van der Waals surface area contributed by atoms with Gasteiger partial charge in [-0.15, -0.1) is 0 Å². The summed E-state index contributed by atoms with van der Waals surface area (Å²) in [6.45, 7) is 0.548. The first-order valence-electron chi connectivity index (χ1n) is 9.01. The fourth-order valence-electron chi connectivity index (χ4n) is 3.34. The molecule has 6 heteroatoms. The highest BCUT2D eigenvalue weighted by atomic mass is 32.2. The second-order valence-corrected chi connectivity index (χ2v) is 8.87. The SMILES string of the molecule is O=S(=O)(NCC1CC1)c1ccc(NCC2CCCCC2)cc1CF. The molecule has 3 rings (SSSR count). The number of rotatable bonds is 8. The molecule has 0 heterocycles. The van der Waals surface area contributed by atoms with Crippen molar-refractivity contribution in [2.45, 2.75) is 56.5 Å². The van der Waals surface area contributed by atoms with E-state index in [0.717, 1.165) is 25.1 Å². The van der Waals surface area contributed by atoms with E-state index in [1.165, 1.54) is 38.2 Å². The average Bonchev–Trinajstić information content (AvgIpc) is 3.43. The van der Waals surface area contributed by atoms with Crippen LogP contribution in [-0.2, 0) is 16.7 Å². The summed E-state index contributed by atoms with van der Waals surface area (Å²) in [5.41, 5.74) is 1.03. The Balaban J connectivity index is 1.65. The van der Waals surface area contributed by atoms with Crippen LogP contribution in [0.15, 0.2) is 23.1 Å². The molecule has 1 aromatic carbocycles. The number of sulfonamides is 1. The third-order valence-corrected chi connectivity index (χ3v) is 6.60. The summed E-state index contributed by atoms with van der Waals surface area (Å²) in [7, 11) is -3.63. The maximum atomic E-state index is 13.4. The third-order valence-electron chi connectivity index (χ3n) is 5.07. The normalized spacial score (nSPS) is 19.4. The highest BCUT2D eigenvalue weighted by Gasteiger charge is 2.25. The van der Waals surface area contributed by atoms with Gasteiger partial charge >= 0.3 is 0 Å². The van der Waals surface area contributed by atoms with Gasteiger partial charge in [0.15, 0.2) is 0 Å². The van der Waals surface area contributed by atoms with E-state index in [4.69, 9.17) is 0 Å².